The molecule has 0 spiro atoms. The molecule has 0 aliphatic carbocycles. The van der Waals surface area contributed by atoms with Crippen molar-refractivity contribution in [1.82, 2.24) is 4.57 Å². The van der Waals surface area contributed by atoms with Crippen molar-refractivity contribution in [2.75, 3.05) is 7.11 Å². The van der Waals surface area contributed by atoms with Crippen molar-refractivity contribution in [3.8, 4) is 11.5 Å². The third-order valence-electron chi connectivity index (χ3n) is 6.38. The number of hydrogen-bond donors (Lipinski definition) is 2. The highest BCUT2D eigenvalue weighted by molar-refractivity contribution is 5.90. The van der Waals surface area contributed by atoms with E-state index in [9.17, 15) is 24.6 Å². The fourth-order valence-corrected chi connectivity index (χ4v) is 4.83. The molecule has 0 saturated carbocycles. The number of hydrogen-bond acceptors (Lipinski definition) is 7. The van der Waals surface area contributed by atoms with E-state index in [0.29, 0.717) is 23.9 Å². The van der Waals surface area contributed by atoms with Crippen molar-refractivity contribution in [3.63, 3.8) is 0 Å². The second-order valence-electron chi connectivity index (χ2n) is 8.28. The van der Waals surface area contributed by atoms with Gasteiger partial charge in [0.1, 0.15) is 5.58 Å². The number of aromatic hydroxyl groups is 2. The van der Waals surface area contributed by atoms with Crippen LogP contribution in [-0.4, -0.2) is 27.9 Å². The molecule has 0 fully saturated rings. The van der Waals surface area contributed by atoms with Crippen molar-refractivity contribution in [1.29, 1.82) is 0 Å². The van der Waals surface area contributed by atoms with Gasteiger partial charge in [0.15, 0.2) is 11.5 Å². The Kier molecular flexibility index (Phi) is 4.74. The van der Waals surface area contributed by atoms with E-state index in [1.807, 2.05) is 18.2 Å². The maximum Gasteiger partial charge on any atom is 0.336 e. The molecule has 2 aromatic carbocycles. The summed E-state index contributed by atoms with van der Waals surface area (Å²) in [7, 11) is 1.23. The van der Waals surface area contributed by atoms with Crippen LogP contribution in [0, 0.1) is 6.92 Å². The Morgan fingerprint density at radius 3 is 2.76 bits per heavy atom. The minimum absolute atomic E-state index is 0.00500. The van der Waals surface area contributed by atoms with Crippen molar-refractivity contribution in [3.05, 3.63) is 79.4 Å². The summed E-state index contributed by atoms with van der Waals surface area (Å²) in [5, 5.41) is 22.5. The molecule has 168 valence electrons. The van der Waals surface area contributed by atoms with E-state index in [1.165, 1.54) is 19.2 Å². The predicted molar refractivity (Wildman–Crippen MR) is 121 cm³/mol. The van der Waals surface area contributed by atoms with Crippen LogP contribution in [0.25, 0.3) is 21.9 Å². The Hall–Kier alpha value is -4.07. The molecule has 0 bridgehead atoms. The summed E-state index contributed by atoms with van der Waals surface area (Å²) in [4.78, 5) is 38.2. The zero-order chi connectivity index (χ0) is 23.4. The van der Waals surface area contributed by atoms with E-state index in [1.54, 1.807) is 17.6 Å². The number of pyridine rings is 1. The van der Waals surface area contributed by atoms with Crippen molar-refractivity contribution in [2.45, 2.75) is 32.2 Å². The molecule has 3 heterocycles. The molecule has 2 N–H and O–H groups in total. The summed E-state index contributed by atoms with van der Waals surface area (Å²) in [6.07, 6.45) is 0.410. The average Bonchev–Trinajstić information content (AvgIpc) is 3.22. The monoisotopic (exact) mass is 447 g/mol. The first-order valence-electron chi connectivity index (χ1n) is 10.5. The molecule has 1 aliphatic heterocycles. The molecular formula is C25H21NO7. The lowest BCUT2D eigenvalue weighted by Crippen LogP contribution is -2.26. The van der Waals surface area contributed by atoms with Gasteiger partial charge in [0.2, 0.25) is 0 Å². The number of benzene rings is 2. The van der Waals surface area contributed by atoms with Gasteiger partial charge in [-0.05, 0) is 42.0 Å². The number of ether oxygens (including phenoxy) is 1. The highest BCUT2D eigenvalue weighted by Gasteiger charge is 2.31. The Bertz CT molecular complexity index is 1580. The van der Waals surface area contributed by atoms with Gasteiger partial charge in [-0.15, -0.1) is 0 Å². The summed E-state index contributed by atoms with van der Waals surface area (Å²) in [6.45, 7) is 2.16. The number of rotatable bonds is 4. The van der Waals surface area contributed by atoms with E-state index in [2.05, 4.69) is 0 Å². The van der Waals surface area contributed by atoms with Gasteiger partial charge in [-0.2, -0.15) is 0 Å². The molecule has 4 aromatic rings. The molecule has 2 aromatic heterocycles. The number of methoxy groups -OCH3 is 1. The van der Waals surface area contributed by atoms with Crippen molar-refractivity contribution >= 4 is 27.8 Å². The summed E-state index contributed by atoms with van der Waals surface area (Å²) in [5.74, 6) is -2.65. The largest absolute Gasteiger partial charge is 0.504 e. The molecule has 5 rings (SSSR count). The number of phenols is 2. The molecule has 0 amide bonds. The van der Waals surface area contributed by atoms with Gasteiger partial charge in [-0.25, -0.2) is 4.79 Å². The molecule has 33 heavy (non-hydrogen) atoms. The first-order valence-corrected chi connectivity index (χ1v) is 10.5. The van der Waals surface area contributed by atoms with Crippen LogP contribution >= 0.6 is 0 Å². The Balaban J connectivity index is 1.88. The second-order valence-corrected chi connectivity index (χ2v) is 8.28. The zero-order valence-corrected chi connectivity index (χ0v) is 18.0. The summed E-state index contributed by atoms with van der Waals surface area (Å²) in [6, 6.07) is 10.0. The highest BCUT2D eigenvalue weighted by Crippen LogP contribution is 2.44. The molecule has 1 unspecified atom stereocenters. The van der Waals surface area contributed by atoms with Gasteiger partial charge in [-0.1, -0.05) is 18.2 Å². The quantitative estimate of drug-likeness (QED) is 0.280. The number of esters is 1. The van der Waals surface area contributed by atoms with Crippen LogP contribution < -0.4 is 11.2 Å². The van der Waals surface area contributed by atoms with E-state index in [-0.39, 0.29) is 28.7 Å². The van der Waals surface area contributed by atoms with E-state index in [0.717, 1.165) is 16.5 Å². The van der Waals surface area contributed by atoms with Crippen LogP contribution in [0.3, 0.4) is 0 Å². The lowest BCUT2D eigenvalue weighted by molar-refractivity contribution is -0.140. The average molecular weight is 447 g/mol. The van der Waals surface area contributed by atoms with Gasteiger partial charge in [-0.3, -0.25) is 9.59 Å². The van der Waals surface area contributed by atoms with E-state index >= 15 is 0 Å². The van der Waals surface area contributed by atoms with Crippen LogP contribution in [0.2, 0.25) is 0 Å². The minimum Gasteiger partial charge on any atom is -0.504 e. The van der Waals surface area contributed by atoms with E-state index < -0.39 is 29.0 Å². The number of nitrogens with zero attached hydrogens (tertiary/aromatic N) is 1. The fourth-order valence-electron chi connectivity index (χ4n) is 4.83. The first-order chi connectivity index (χ1) is 15.8. The second kappa shape index (κ2) is 7.51. The number of carbonyl (C=O) groups excluding carboxylic acids is 1. The fraction of sp³-hybridized carbons (Fsp3) is 0.240. The van der Waals surface area contributed by atoms with Crippen LogP contribution in [0.15, 0.2) is 50.4 Å². The third-order valence-corrected chi connectivity index (χ3v) is 6.38. The predicted octanol–water partition coefficient (Wildman–Crippen LogP) is 3.08. The Labute approximate surface area is 187 Å². The molecule has 8 nitrogen and oxygen atoms in total. The lowest BCUT2D eigenvalue weighted by Gasteiger charge is -2.21. The third kappa shape index (κ3) is 3.17. The van der Waals surface area contributed by atoms with Crippen LogP contribution in [0.1, 0.15) is 34.6 Å². The Morgan fingerprint density at radius 2 is 2.00 bits per heavy atom. The molecule has 8 heteroatoms. The number of aryl methyl sites for hydroxylation is 3. The van der Waals surface area contributed by atoms with Crippen LogP contribution in [0.5, 0.6) is 11.5 Å². The smallest absolute Gasteiger partial charge is 0.336 e. The summed E-state index contributed by atoms with van der Waals surface area (Å²) in [5.41, 5.74) is 1.71. The normalized spacial score (nSPS) is 13.5. The lowest BCUT2D eigenvalue weighted by atomic mass is 9.86. The first kappa shape index (κ1) is 20.8. The maximum atomic E-state index is 13.6. The number of aromatic nitrogens is 1. The van der Waals surface area contributed by atoms with Crippen molar-refractivity contribution in [2.24, 2.45) is 0 Å². The molecule has 1 atom stereocenters. The summed E-state index contributed by atoms with van der Waals surface area (Å²) < 4.78 is 12.0. The minimum atomic E-state index is -1.03. The Morgan fingerprint density at radius 1 is 1.21 bits per heavy atom. The summed E-state index contributed by atoms with van der Waals surface area (Å²) >= 11 is 0. The maximum absolute atomic E-state index is 13.6. The number of carbonyl (C=O) groups is 1. The zero-order valence-electron chi connectivity index (χ0n) is 18.0. The van der Waals surface area contributed by atoms with Crippen molar-refractivity contribution < 1.29 is 24.2 Å². The standard InChI is InChI=1S/C25H21NO7/c1-12-8-20(29)33-24-15(12)10-18(27)23(30)21(24)16(11-19(28)32-2)17-9-14-5-3-4-13-6-7-26(22(13)14)25(17)31/h3-5,8-10,16,27,30H,6-7,11H2,1-2H3. The van der Waals surface area contributed by atoms with Gasteiger partial charge in [0.05, 0.1) is 19.0 Å². The highest BCUT2D eigenvalue weighted by atomic mass is 16.5. The molecule has 1 aliphatic rings. The molecule has 0 saturated heterocycles. The van der Waals surface area contributed by atoms with Gasteiger partial charge in [0, 0.05) is 35.0 Å². The number of para-hydroxylation sites is 1. The molecule has 0 radical (unpaired) electrons. The number of phenolic OH excluding ortho intramolecular Hbond substituents is 2. The number of fused-ring (bicyclic) bond motifs is 1. The van der Waals surface area contributed by atoms with Gasteiger partial charge < -0.3 is 23.9 Å². The van der Waals surface area contributed by atoms with Crippen LogP contribution in [-0.2, 0) is 22.5 Å². The van der Waals surface area contributed by atoms with Gasteiger partial charge >= 0.3 is 11.6 Å². The molecular weight excluding hydrogens is 426 g/mol. The van der Waals surface area contributed by atoms with Gasteiger partial charge in [0.25, 0.3) is 5.56 Å². The van der Waals surface area contributed by atoms with Crippen LogP contribution in [0.4, 0.5) is 0 Å². The SMILES string of the molecule is COC(=O)CC(c1cc2cccc3c2n(c1=O)CC3)c1c(O)c(O)cc2c(C)cc(=O)oc12. The topological polar surface area (TPSA) is 119 Å². The van der Waals surface area contributed by atoms with E-state index in [4.69, 9.17) is 9.15 Å².